The molecule has 0 aliphatic carbocycles. The topological polar surface area (TPSA) is 51.0 Å². The van der Waals surface area contributed by atoms with E-state index in [-0.39, 0.29) is 5.41 Å². The zero-order valence-corrected chi connectivity index (χ0v) is 11.6. The van der Waals surface area contributed by atoms with Gasteiger partial charge in [-0.15, -0.1) is 10.2 Å². The van der Waals surface area contributed by atoms with Crippen molar-refractivity contribution in [2.45, 2.75) is 25.2 Å². The second-order valence-corrected chi connectivity index (χ2v) is 5.67. The maximum Gasteiger partial charge on any atom is 0.247 e. The molecule has 0 amide bonds. The van der Waals surface area contributed by atoms with E-state index in [9.17, 15) is 0 Å². The Morgan fingerprint density at radius 2 is 2.05 bits per heavy atom. The summed E-state index contributed by atoms with van der Waals surface area (Å²) in [5, 5.41) is 12.4. The Hall–Kier alpha value is -1.39. The molecule has 4 nitrogen and oxygen atoms in total. The molecule has 3 rings (SSSR count). The van der Waals surface area contributed by atoms with Crippen molar-refractivity contribution in [3.8, 4) is 11.5 Å². The van der Waals surface area contributed by atoms with Gasteiger partial charge in [0.2, 0.25) is 11.8 Å². The Labute approximate surface area is 117 Å². The number of rotatable bonds is 2. The first-order chi connectivity index (χ1) is 9.17. The third-order valence-corrected chi connectivity index (χ3v) is 3.96. The molecule has 2 heterocycles. The fourth-order valence-electron chi connectivity index (χ4n) is 2.40. The zero-order chi connectivity index (χ0) is 13.3. The summed E-state index contributed by atoms with van der Waals surface area (Å²) >= 11 is 5.98. The lowest BCUT2D eigenvalue weighted by molar-refractivity contribution is 0.271. The Morgan fingerprint density at radius 3 is 2.79 bits per heavy atom. The first-order valence-corrected chi connectivity index (χ1v) is 6.86. The number of hydrogen-bond acceptors (Lipinski definition) is 4. The van der Waals surface area contributed by atoms with Gasteiger partial charge in [-0.25, -0.2) is 0 Å². The first kappa shape index (κ1) is 12.6. The Bertz CT molecular complexity index is 576. The molecular formula is C14H16ClN3O. The molecule has 1 aromatic carbocycles. The van der Waals surface area contributed by atoms with Crippen molar-refractivity contribution in [3.05, 3.63) is 35.2 Å². The van der Waals surface area contributed by atoms with Crippen LogP contribution in [0.3, 0.4) is 0 Å². The minimum Gasteiger partial charge on any atom is -0.420 e. The molecule has 0 atom stereocenters. The van der Waals surface area contributed by atoms with Gasteiger partial charge in [-0.05, 0) is 44.1 Å². The maximum atomic E-state index is 5.98. The fourth-order valence-corrected chi connectivity index (χ4v) is 2.59. The monoisotopic (exact) mass is 277 g/mol. The standard InChI is InChI=1S/C14H16ClN3O/c1-14(5-7-16-8-6-14)13-18-17-12(19-13)10-3-2-4-11(15)9-10/h2-4,9,16H,5-8H2,1H3. The van der Waals surface area contributed by atoms with Crippen LogP contribution in [0, 0.1) is 0 Å². The lowest BCUT2D eigenvalue weighted by Crippen LogP contribution is -2.37. The number of nitrogens with one attached hydrogen (secondary N) is 1. The van der Waals surface area contributed by atoms with Gasteiger partial charge >= 0.3 is 0 Å². The number of aromatic nitrogens is 2. The molecule has 0 bridgehead atoms. The minimum atomic E-state index is -0.0188. The number of benzene rings is 1. The molecule has 1 N–H and O–H groups in total. The largest absolute Gasteiger partial charge is 0.420 e. The van der Waals surface area contributed by atoms with Crippen LogP contribution in [0.15, 0.2) is 28.7 Å². The molecule has 1 fully saturated rings. The summed E-state index contributed by atoms with van der Waals surface area (Å²) in [6.07, 6.45) is 2.04. The van der Waals surface area contributed by atoms with Crippen molar-refractivity contribution in [2.24, 2.45) is 0 Å². The van der Waals surface area contributed by atoms with E-state index in [2.05, 4.69) is 22.4 Å². The number of nitrogens with zero attached hydrogens (tertiary/aromatic N) is 2. The average molecular weight is 278 g/mol. The van der Waals surface area contributed by atoms with Crippen molar-refractivity contribution in [1.82, 2.24) is 15.5 Å². The van der Waals surface area contributed by atoms with Crippen molar-refractivity contribution in [3.63, 3.8) is 0 Å². The highest BCUT2D eigenvalue weighted by molar-refractivity contribution is 6.30. The highest BCUT2D eigenvalue weighted by Crippen LogP contribution is 2.33. The SMILES string of the molecule is CC1(c2nnc(-c3cccc(Cl)c3)o2)CCNCC1. The van der Waals surface area contributed by atoms with Gasteiger partial charge in [0.05, 0.1) is 0 Å². The summed E-state index contributed by atoms with van der Waals surface area (Å²) in [5.41, 5.74) is 0.846. The molecule has 0 spiro atoms. The summed E-state index contributed by atoms with van der Waals surface area (Å²) in [5.74, 6) is 1.27. The Morgan fingerprint density at radius 1 is 1.26 bits per heavy atom. The lowest BCUT2D eigenvalue weighted by atomic mass is 9.81. The third kappa shape index (κ3) is 2.51. The third-order valence-electron chi connectivity index (χ3n) is 3.72. The molecule has 1 aliphatic rings. The second kappa shape index (κ2) is 4.94. The number of hydrogen-bond donors (Lipinski definition) is 1. The average Bonchev–Trinajstić information content (AvgIpc) is 2.90. The van der Waals surface area contributed by atoms with Crippen molar-refractivity contribution < 1.29 is 4.42 Å². The van der Waals surface area contributed by atoms with Crippen LogP contribution in [0.1, 0.15) is 25.7 Å². The van der Waals surface area contributed by atoms with E-state index >= 15 is 0 Å². The van der Waals surface area contributed by atoms with Gasteiger partial charge < -0.3 is 9.73 Å². The van der Waals surface area contributed by atoms with Crippen molar-refractivity contribution >= 4 is 11.6 Å². The van der Waals surface area contributed by atoms with Crippen LogP contribution in [0.25, 0.3) is 11.5 Å². The van der Waals surface area contributed by atoms with Crippen LogP contribution in [0.5, 0.6) is 0 Å². The molecule has 2 aromatic rings. The highest BCUT2D eigenvalue weighted by Gasteiger charge is 2.34. The van der Waals surface area contributed by atoms with E-state index in [1.165, 1.54) is 0 Å². The Balaban J connectivity index is 1.91. The van der Waals surface area contributed by atoms with E-state index in [1.54, 1.807) is 0 Å². The van der Waals surface area contributed by atoms with Crippen LogP contribution in [0.4, 0.5) is 0 Å². The van der Waals surface area contributed by atoms with Gasteiger partial charge in [0.1, 0.15) is 0 Å². The summed E-state index contributed by atoms with van der Waals surface area (Å²) in [6.45, 7) is 4.17. The normalized spacial score (nSPS) is 18.4. The van der Waals surface area contributed by atoms with Crippen LogP contribution < -0.4 is 5.32 Å². The van der Waals surface area contributed by atoms with Gasteiger partial charge in [-0.3, -0.25) is 0 Å². The predicted octanol–water partition coefficient (Wildman–Crippen LogP) is 3.03. The van der Waals surface area contributed by atoms with E-state index < -0.39 is 0 Å². The molecule has 0 saturated carbocycles. The van der Waals surface area contributed by atoms with Gasteiger partial charge in [-0.2, -0.15) is 0 Å². The Kier molecular flexibility index (Phi) is 3.29. The predicted molar refractivity (Wildman–Crippen MR) is 74.2 cm³/mol. The van der Waals surface area contributed by atoms with E-state index in [0.717, 1.165) is 37.4 Å². The molecular weight excluding hydrogens is 262 g/mol. The summed E-state index contributed by atoms with van der Waals surface area (Å²) in [6, 6.07) is 7.47. The maximum absolute atomic E-state index is 5.98. The van der Waals surface area contributed by atoms with Crippen LogP contribution in [0.2, 0.25) is 5.02 Å². The highest BCUT2D eigenvalue weighted by atomic mass is 35.5. The van der Waals surface area contributed by atoms with E-state index in [4.69, 9.17) is 16.0 Å². The molecule has 1 saturated heterocycles. The van der Waals surface area contributed by atoms with Crippen LogP contribution in [-0.4, -0.2) is 23.3 Å². The lowest BCUT2D eigenvalue weighted by Gasteiger charge is -2.30. The summed E-state index contributed by atoms with van der Waals surface area (Å²) in [7, 11) is 0. The molecule has 5 heteroatoms. The van der Waals surface area contributed by atoms with E-state index in [0.29, 0.717) is 10.9 Å². The van der Waals surface area contributed by atoms with Gasteiger partial charge in [-0.1, -0.05) is 24.6 Å². The minimum absolute atomic E-state index is 0.0188. The fraction of sp³-hybridized carbons (Fsp3) is 0.429. The number of halogens is 1. The van der Waals surface area contributed by atoms with Crippen molar-refractivity contribution in [2.75, 3.05) is 13.1 Å². The molecule has 0 radical (unpaired) electrons. The summed E-state index contributed by atoms with van der Waals surface area (Å²) < 4.78 is 5.86. The number of piperidine rings is 1. The van der Waals surface area contributed by atoms with E-state index in [1.807, 2.05) is 24.3 Å². The first-order valence-electron chi connectivity index (χ1n) is 6.48. The second-order valence-electron chi connectivity index (χ2n) is 5.23. The van der Waals surface area contributed by atoms with Gasteiger partial charge in [0.15, 0.2) is 0 Å². The quantitative estimate of drug-likeness (QED) is 0.917. The zero-order valence-electron chi connectivity index (χ0n) is 10.8. The van der Waals surface area contributed by atoms with Gasteiger partial charge in [0, 0.05) is 16.0 Å². The molecule has 1 aliphatic heterocycles. The van der Waals surface area contributed by atoms with Crippen LogP contribution in [-0.2, 0) is 5.41 Å². The van der Waals surface area contributed by atoms with Crippen molar-refractivity contribution in [1.29, 1.82) is 0 Å². The smallest absolute Gasteiger partial charge is 0.247 e. The van der Waals surface area contributed by atoms with Gasteiger partial charge in [0.25, 0.3) is 0 Å². The molecule has 1 aromatic heterocycles. The summed E-state index contributed by atoms with van der Waals surface area (Å²) in [4.78, 5) is 0. The van der Waals surface area contributed by atoms with Crippen LogP contribution >= 0.6 is 11.6 Å². The molecule has 0 unspecified atom stereocenters. The molecule has 100 valence electrons. The molecule has 19 heavy (non-hydrogen) atoms.